The van der Waals surface area contributed by atoms with Gasteiger partial charge in [-0.2, -0.15) is 4.39 Å². The van der Waals surface area contributed by atoms with Crippen LogP contribution in [-0.4, -0.2) is 34.7 Å². The second-order valence-electron chi connectivity index (χ2n) is 4.45. The van der Waals surface area contributed by atoms with Gasteiger partial charge in [-0.1, -0.05) is 0 Å². The van der Waals surface area contributed by atoms with E-state index < -0.39 is 46.0 Å². The summed E-state index contributed by atoms with van der Waals surface area (Å²) < 4.78 is 32.3. The van der Waals surface area contributed by atoms with Crippen LogP contribution in [0.5, 0.6) is 5.75 Å². The molecule has 20 heavy (non-hydrogen) atoms. The minimum absolute atomic E-state index is 0.164. The summed E-state index contributed by atoms with van der Waals surface area (Å²) in [6.07, 6.45) is -0.391. The van der Waals surface area contributed by atoms with Crippen molar-refractivity contribution in [2.24, 2.45) is 0 Å². The number of hydrogen-bond donors (Lipinski definition) is 2. The highest BCUT2D eigenvalue weighted by Crippen LogP contribution is 2.31. The third kappa shape index (κ3) is 2.67. The third-order valence-electron chi connectivity index (χ3n) is 2.89. The maximum absolute atomic E-state index is 13.7. The van der Waals surface area contributed by atoms with Crippen LogP contribution in [0.1, 0.15) is 6.42 Å². The molecule has 1 aromatic rings. The fourth-order valence-electron chi connectivity index (χ4n) is 1.88. The number of benzene rings is 1. The van der Waals surface area contributed by atoms with Crippen molar-refractivity contribution in [3.8, 4) is 5.75 Å². The number of ether oxygens (including phenoxy) is 1. The molecule has 7 nitrogen and oxygen atoms in total. The fraction of sp³-hybridized carbons (Fsp3) is 0.364. The van der Waals surface area contributed by atoms with Crippen LogP contribution in [0.3, 0.4) is 0 Å². The number of nitrogens with zero attached hydrogens (tertiary/aromatic N) is 1. The lowest BCUT2D eigenvalue weighted by molar-refractivity contribution is -0.387. The van der Waals surface area contributed by atoms with Gasteiger partial charge in [0.15, 0.2) is 11.6 Å². The molecule has 0 aromatic heterocycles. The van der Waals surface area contributed by atoms with E-state index >= 15 is 0 Å². The van der Waals surface area contributed by atoms with Crippen molar-refractivity contribution in [2.75, 3.05) is 13.1 Å². The van der Waals surface area contributed by atoms with Gasteiger partial charge in [0.05, 0.1) is 17.4 Å². The Labute approximate surface area is 111 Å². The molecule has 0 amide bonds. The minimum Gasteiger partial charge on any atom is -0.481 e. The summed E-state index contributed by atoms with van der Waals surface area (Å²) in [6, 6.07) is 0.959. The predicted molar refractivity (Wildman–Crippen MR) is 61.5 cm³/mol. The molecule has 0 radical (unpaired) electrons. The average Bonchev–Trinajstić information content (AvgIpc) is 2.29. The second-order valence-corrected chi connectivity index (χ2v) is 4.45. The molecule has 0 saturated carbocycles. The van der Waals surface area contributed by atoms with E-state index in [1.165, 1.54) is 0 Å². The van der Waals surface area contributed by atoms with Gasteiger partial charge in [-0.15, -0.1) is 0 Å². The van der Waals surface area contributed by atoms with Crippen molar-refractivity contribution in [1.29, 1.82) is 0 Å². The Kier molecular flexibility index (Phi) is 3.53. The molecule has 1 saturated heterocycles. The summed E-state index contributed by atoms with van der Waals surface area (Å²) >= 11 is 0. The topological polar surface area (TPSA) is 102 Å². The van der Waals surface area contributed by atoms with Crippen molar-refractivity contribution < 1.29 is 28.3 Å². The quantitative estimate of drug-likeness (QED) is 0.620. The molecule has 0 bridgehead atoms. The largest absolute Gasteiger partial charge is 0.481 e. The van der Waals surface area contributed by atoms with Gasteiger partial charge in [0.2, 0.25) is 5.82 Å². The molecule has 2 rings (SSSR count). The Morgan fingerprint density at radius 3 is 2.55 bits per heavy atom. The SMILES string of the molecule is O=C(O)CC1(Oc2cc(F)c([N+](=O)[O-])cc2F)CNC1. The van der Waals surface area contributed by atoms with Gasteiger partial charge in [-0.05, 0) is 0 Å². The number of carbonyl (C=O) groups is 1. The lowest BCUT2D eigenvalue weighted by Crippen LogP contribution is -2.64. The van der Waals surface area contributed by atoms with Crippen molar-refractivity contribution in [2.45, 2.75) is 12.0 Å². The van der Waals surface area contributed by atoms with E-state index in [0.29, 0.717) is 12.1 Å². The van der Waals surface area contributed by atoms with Crippen LogP contribution >= 0.6 is 0 Å². The van der Waals surface area contributed by atoms with Crippen LogP contribution in [-0.2, 0) is 4.79 Å². The van der Waals surface area contributed by atoms with E-state index in [1.807, 2.05) is 0 Å². The first kappa shape index (κ1) is 14.1. The molecule has 0 atom stereocenters. The molecule has 1 fully saturated rings. The molecule has 1 aromatic carbocycles. The number of nitrogens with one attached hydrogen (secondary N) is 1. The third-order valence-corrected chi connectivity index (χ3v) is 2.89. The van der Waals surface area contributed by atoms with Gasteiger partial charge in [0, 0.05) is 19.2 Å². The van der Waals surface area contributed by atoms with E-state index in [1.54, 1.807) is 0 Å². The van der Waals surface area contributed by atoms with Crippen LogP contribution in [0.15, 0.2) is 12.1 Å². The lowest BCUT2D eigenvalue weighted by atomic mass is 9.92. The van der Waals surface area contributed by atoms with Gasteiger partial charge >= 0.3 is 11.7 Å². The highest BCUT2D eigenvalue weighted by atomic mass is 19.1. The van der Waals surface area contributed by atoms with Crippen LogP contribution in [0.2, 0.25) is 0 Å². The van der Waals surface area contributed by atoms with Crippen molar-refractivity contribution in [3.05, 3.63) is 33.9 Å². The number of nitro benzene ring substituents is 1. The fourth-order valence-corrected chi connectivity index (χ4v) is 1.88. The number of rotatable bonds is 5. The number of carboxylic acid groups (broad SMARTS) is 1. The maximum Gasteiger partial charge on any atom is 0.307 e. The molecule has 1 heterocycles. The molecule has 0 aliphatic carbocycles. The molecule has 2 N–H and O–H groups in total. The summed E-state index contributed by atoms with van der Waals surface area (Å²) in [6.45, 7) is 0.328. The van der Waals surface area contributed by atoms with Crippen molar-refractivity contribution >= 4 is 11.7 Å². The Morgan fingerprint density at radius 2 is 2.10 bits per heavy atom. The van der Waals surface area contributed by atoms with Crippen molar-refractivity contribution in [3.63, 3.8) is 0 Å². The molecule has 0 unspecified atom stereocenters. The summed E-state index contributed by atoms with van der Waals surface area (Å²) in [5.41, 5.74) is -2.18. The monoisotopic (exact) mass is 288 g/mol. The Morgan fingerprint density at radius 1 is 1.45 bits per heavy atom. The van der Waals surface area contributed by atoms with E-state index in [2.05, 4.69) is 5.32 Å². The summed E-state index contributed by atoms with van der Waals surface area (Å²) in [5, 5.41) is 22.0. The van der Waals surface area contributed by atoms with E-state index in [0.717, 1.165) is 0 Å². The maximum atomic E-state index is 13.7. The van der Waals surface area contributed by atoms with Gasteiger partial charge in [-0.3, -0.25) is 14.9 Å². The normalized spacial score (nSPS) is 16.3. The summed E-state index contributed by atoms with van der Waals surface area (Å²) in [4.78, 5) is 20.1. The van der Waals surface area contributed by atoms with Gasteiger partial charge in [0.25, 0.3) is 0 Å². The van der Waals surface area contributed by atoms with Crippen LogP contribution in [0.25, 0.3) is 0 Å². The summed E-state index contributed by atoms with van der Waals surface area (Å²) in [5.74, 6) is -4.05. The van der Waals surface area contributed by atoms with Gasteiger partial charge < -0.3 is 15.2 Å². The molecule has 1 aliphatic rings. The zero-order valence-corrected chi connectivity index (χ0v) is 10.1. The molecule has 9 heteroatoms. The number of hydrogen-bond acceptors (Lipinski definition) is 5. The standard InChI is InChI=1S/C11H10F2N2O5/c12-6-2-9(7(13)1-8(6)15(18)19)20-11(3-10(16)17)4-14-5-11/h1-2,14H,3-5H2,(H,16,17). The highest BCUT2D eigenvalue weighted by Gasteiger charge is 2.42. The Bertz CT molecular complexity index is 574. The molecular weight excluding hydrogens is 278 g/mol. The van der Waals surface area contributed by atoms with E-state index in [-0.39, 0.29) is 13.1 Å². The first-order valence-electron chi connectivity index (χ1n) is 5.58. The van der Waals surface area contributed by atoms with Crippen LogP contribution < -0.4 is 10.1 Å². The average molecular weight is 288 g/mol. The van der Waals surface area contributed by atoms with Gasteiger partial charge in [0.1, 0.15) is 5.60 Å². The van der Waals surface area contributed by atoms with Crippen LogP contribution in [0.4, 0.5) is 14.5 Å². The molecule has 0 spiro atoms. The first-order valence-corrected chi connectivity index (χ1v) is 5.58. The summed E-state index contributed by atoms with van der Waals surface area (Å²) in [7, 11) is 0. The molecule has 108 valence electrons. The zero-order valence-electron chi connectivity index (χ0n) is 10.1. The number of nitro groups is 1. The smallest absolute Gasteiger partial charge is 0.307 e. The number of halogens is 2. The van der Waals surface area contributed by atoms with Gasteiger partial charge in [-0.25, -0.2) is 4.39 Å². The highest BCUT2D eigenvalue weighted by molar-refractivity contribution is 5.68. The van der Waals surface area contributed by atoms with E-state index in [4.69, 9.17) is 9.84 Å². The van der Waals surface area contributed by atoms with Crippen molar-refractivity contribution in [1.82, 2.24) is 5.32 Å². The number of carboxylic acids is 1. The van der Waals surface area contributed by atoms with Crippen LogP contribution in [0, 0.1) is 21.7 Å². The predicted octanol–water partition coefficient (Wildman–Crippen LogP) is 1.07. The lowest BCUT2D eigenvalue weighted by Gasteiger charge is -2.41. The minimum atomic E-state index is -1.25. The molecule has 1 aliphatic heterocycles. The Hall–Kier alpha value is -2.29. The number of aliphatic carboxylic acids is 1. The first-order chi connectivity index (χ1) is 9.33. The van der Waals surface area contributed by atoms with E-state index in [9.17, 15) is 23.7 Å². The zero-order chi connectivity index (χ0) is 14.9. The molecular formula is C11H10F2N2O5. The second kappa shape index (κ2) is 5.00. The Balaban J connectivity index is 2.27.